The molecule has 0 spiro atoms. The molecule has 1 aromatic heterocycles. The molecule has 0 aromatic carbocycles. The summed E-state index contributed by atoms with van der Waals surface area (Å²) >= 11 is 0. The number of hydrogen-bond donors (Lipinski definition) is 3. The second-order valence-electron chi connectivity index (χ2n) is 6.73. The normalized spacial score (nSPS) is 28.6. The number of azide groups is 1. The molecule has 0 aliphatic carbocycles. The van der Waals surface area contributed by atoms with Crippen molar-refractivity contribution in [2.75, 3.05) is 12.3 Å². The molecule has 5 N–H and O–H groups in total. The van der Waals surface area contributed by atoms with E-state index in [0.29, 0.717) is 0 Å². The summed E-state index contributed by atoms with van der Waals surface area (Å²) in [7, 11) is 0. The van der Waals surface area contributed by atoms with Crippen LogP contribution >= 0.6 is 0 Å². The average molecular weight is 381 g/mol. The molecule has 12 nitrogen and oxygen atoms in total. The molecule has 1 aliphatic rings. The van der Waals surface area contributed by atoms with Gasteiger partial charge in [0.25, 0.3) is 0 Å². The maximum absolute atomic E-state index is 12.3. The Bertz CT molecular complexity index is 806. The second-order valence-corrected chi connectivity index (χ2v) is 6.73. The third-order valence-electron chi connectivity index (χ3n) is 4.50. The lowest BCUT2D eigenvalue weighted by atomic mass is 9.97. The molecule has 2 rings (SSSR count). The Hall–Kier alpha value is -2.66. The van der Waals surface area contributed by atoms with Crippen LogP contribution in [0.1, 0.15) is 27.0 Å². The van der Waals surface area contributed by atoms with Crippen LogP contribution < -0.4 is 17.2 Å². The molecule has 0 unspecified atom stereocenters. The van der Waals surface area contributed by atoms with Crippen LogP contribution in [0.4, 0.5) is 5.82 Å². The van der Waals surface area contributed by atoms with Gasteiger partial charge in [-0.1, -0.05) is 25.9 Å². The number of nitrogen functional groups attached to an aromatic ring is 1. The molecule has 1 saturated heterocycles. The minimum Gasteiger partial charge on any atom is -0.457 e. The Morgan fingerprint density at radius 1 is 1.63 bits per heavy atom. The molecular formula is C15H23N7O5. The van der Waals surface area contributed by atoms with Gasteiger partial charge in [0.2, 0.25) is 5.72 Å². The Morgan fingerprint density at radius 2 is 2.30 bits per heavy atom. The average Bonchev–Trinajstić information content (AvgIpc) is 2.87. The van der Waals surface area contributed by atoms with Gasteiger partial charge in [0.1, 0.15) is 24.2 Å². The number of aliphatic hydroxyl groups excluding tert-OH is 1. The van der Waals surface area contributed by atoms with Crippen molar-refractivity contribution in [2.24, 2.45) is 22.7 Å². The van der Waals surface area contributed by atoms with Crippen molar-refractivity contribution < 1.29 is 19.4 Å². The summed E-state index contributed by atoms with van der Waals surface area (Å²) in [4.78, 5) is 30.8. The summed E-state index contributed by atoms with van der Waals surface area (Å²) in [5, 5.41) is 13.4. The summed E-state index contributed by atoms with van der Waals surface area (Å²) in [6.45, 7) is 4.34. The molecule has 2 heterocycles. The van der Waals surface area contributed by atoms with Crippen LogP contribution in [0.2, 0.25) is 0 Å². The molecule has 0 radical (unpaired) electrons. The van der Waals surface area contributed by atoms with Crippen molar-refractivity contribution in [1.29, 1.82) is 0 Å². The van der Waals surface area contributed by atoms with Crippen LogP contribution in [-0.2, 0) is 14.3 Å². The molecule has 5 atom stereocenters. The van der Waals surface area contributed by atoms with Crippen LogP contribution in [0.3, 0.4) is 0 Å². The molecule has 1 aliphatic heterocycles. The molecule has 0 amide bonds. The number of aromatic nitrogens is 2. The summed E-state index contributed by atoms with van der Waals surface area (Å²) in [6.07, 6.45) is -0.838. The number of hydrogen-bond acceptors (Lipinski definition) is 9. The number of nitrogens with zero attached hydrogens (tertiary/aromatic N) is 5. The topological polar surface area (TPSA) is 191 Å². The molecule has 0 bridgehead atoms. The van der Waals surface area contributed by atoms with E-state index in [1.165, 1.54) is 12.3 Å². The van der Waals surface area contributed by atoms with E-state index in [1.807, 2.05) is 0 Å². The van der Waals surface area contributed by atoms with Crippen LogP contribution in [0, 0.1) is 11.8 Å². The van der Waals surface area contributed by atoms with Gasteiger partial charge < -0.3 is 26.0 Å². The lowest BCUT2D eigenvalue weighted by molar-refractivity contribution is -0.169. The monoisotopic (exact) mass is 381 g/mol. The van der Waals surface area contributed by atoms with Gasteiger partial charge in [-0.15, -0.1) is 0 Å². The zero-order valence-corrected chi connectivity index (χ0v) is 15.2. The fraction of sp³-hybridized carbons (Fsp3) is 0.667. The van der Waals surface area contributed by atoms with Crippen molar-refractivity contribution in [3.05, 3.63) is 33.2 Å². The smallest absolute Gasteiger partial charge is 0.351 e. The van der Waals surface area contributed by atoms with Gasteiger partial charge >= 0.3 is 11.7 Å². The van der Waals surface area contributed by atoms with Crippen molar-refractivity contribution in [3.63, 3.8) is 0 Å². The van der Waals surface area contributed by atoms with E-state index in [0.717, 1.165) is 4.57 Å². The van der Waals surface area contributed by atoms with Crippen molar-refractivity contribution in [1.82, 2.24) is 9.55 Å². The van der Waals surface area contributed by atoms with Gasteiger partial charge in [0.15, 0.2) is 0 Å². The van der Waals surface area contributed by atoms with Gasteiger partial charge in [-0.3, -0.25) is 9.36 Å². The van der Waals surface area contributed by atoms with Gasteiger partial charge in [0.05, 0.1) is 6.61 Å². The van der Waals surface area contributed by atoms with E-state index in [-0.39, 0.29) is 11.7 Å². The van der Waals surface area contributed by atoms with Crippen LogP contribution in [-0.4, -0.2) is 45.1 Å². The van der Waals surface area contributed by atoms with Crippen molar-refractivity contribution in [3.8, 4) is 0 Å². The highest BCUT2D eigenvalue weighted by Gasteiger charge is 2.56. The quantitative estimate of drug-likeness (QED) is 0.263. The first-order chi connectivity index (χ1) is 12.7. The zero-order valence-electron chi connectivity index (χ0n) is 15.2. The van der Waals surface area contributed by atoms with E-state index < -0.39 is 48.3 Å². The summed E-state index contributed by atoms with van der Waals surface area (Å²) in [5.74, 6) is -1.58. The van der Waals surface area contributed by atoms with Crippen molar-refractivity contribution in [2.45, 2.75) is 44.9 Å². The minimum atomic E-state index is -1.91. The first-order valence-electron chi connectivity index (χ1n) is 8.32. The van der Waals surface area contributed by atoms with E-state index in [9.17, 15) is 14.7 Å². The van der Waals surface area contributed by atoms with Crippen LogP contribution in [0.25, 0.3) is 10.4 Å². The minimum absolute atomic E-state index is 0.0243. The number of nitrogens with two attached hydrogens (primary N) is 2. The number of anilines is 1. The number of carbonyl (C=O) groups is 1. The third-order valence-corrected chi connectivity index (χ3v) is 4.50. The number of rotatable bonds is 6. The van der Waals surface area contributed by atoms with Gasteiger partial charge in [-0.2, -0.15) is 4.98 Å². The highest BCUT2D eigenvalue weighted by Crippen LogP contribution is 2.43. The maximum atomic E-state index is 12.3. The predicted molar refractivity (Wildman–Crippen MR) is 93.9 cm³/mol. The fourth-order valence-corrected chi connectivity index (χ4v) is 2.86. The molecule has 27 heavy (non-hydrogen) atoms. The number of ether oxygens (including phenoxy) is 2. The van der Waals surface area contributed by atoms with Crippen molar-refractivity contribution >= 4 is 11.8 Å². The third kappa shape index (κ3) is 3.88. The Kier molecular flexibility index (Phi) is 6.06. The number of esters is 1. The molecule has 1 fully saturated rings. The molecule has 148 valence electrons. The van der Waals surface area contributed by atoms with Gasteiger partial charge in [-0.05, 0) is 17.5 Å². The summed E-state index contributed by atoms with van der Waals surface area (Å²) in [5.41, 5.74) is 17.6. The Morgan fingerprint density at radius 3 is 2.81 bits per heavy atom. The molecule has 12 heteroatoms. The first-order valence-corrected chi connectivity index (χ1v) is 8.32. The molecular weight excluding hydrogens is 358 g/mol. The summed E-state index contributed by atoms with van der Waals surface area (Å²) in [6, 6.07) is 0.472. The lowest BCUT2D eigenvalue weighted by Gasteiger charge is -2.29. The fourth-order valence-electron chi connectivity index (χ4n) is 2.86. The highest BCUT2D eigenvalue weighted by molar-refractivity contribution is 5.76. The Balaban J connectivity index is 2.44. The molecule has 0 saturated carbocycles. The van der Waals surface area contributed by atoms with E-state index in [4.69, 9.17) is 26.5 Å². The van der Waals surface area contributed by atoms with E-state index in [1.54, 1.807) is 20.8 Å². The second kappa shape index (κ2) is 7.92. The van der Waals surface area contributed by atoms with Crippen LogP contribution in [0.5, 0.6) is 0 Å². The number of carbonyl (C=O) groups excluding carboxylic acids is 1. The SMILES string of the molecule is CC(C)[C@H](N)C(=O)O[C@H]1[C@H](C)[C@H](n2ccc(N)nc2=O)O[C@@]1(CO)N=[N+]=[N-]. The standard InChI is InChI=1S/C15H23N7O5/c1-7(2)10(17)13(24)26-11-8(3)12(27-15(11,6-23)20-21-18)22-5-4-9(16)19-14(22)25/h4-5,7-8,10-12,23H,6,17H2,1-3H3,(H2,16,19,25)/t8-,10-,11-,12+,15+/m0/s1. The maximum Gasteiger partial charge on any atom is 0.351 e. The predicted octanol–water partition coefficient (Wildman–Crippen LogP) is -0.116. The largest absolute Gasteiger partial charge is 0.457 e. The number of aliphatic hydroxyl groups is 1. The molecule has 1 aromatic rings. The Labute approximate surface area is 154 Å². The van der Waals surface area contributed by atoms with Gasteiger partial charge in [-0.25, -0.2) is 4.79 Å². The van der Waals surface area contributed by atoms with E-state index in [2.05, 4.69) is 15.0 Å². The van der Waals surface area contributed by atoms with Gasteiger partial charge in [0, 0.05) is 17.0 Å². The summed E-state index contributed by atoms with van der Waals surface area (Å²) < 4.78 is 12.3. The zero-order chi connectivity index (χ0) is 20.4. The highest BCUT2D eigenvalue weighted by atomic mass is 16.6. The first kappa shape index (κ1) is 20.6. The lowest BCUT2D eigenvalue weighted by Crippen LogP contribution is -2.48. The van der Waals surface area contributed by atoms with Crippen LogP contribution in [0.15, 0.2) is 22.2 Å². The van der Waals surface area contributed by atoms with E-state index >= 15 is 0 Å².